The third kappa shape index (κ3) is 5.11. The number of carbonyl (C=O) groups is 1. The molecule has 0 aromatic rings. The van der Waals surface area contributed by atoms with Crippen LogP contribution in [0.4, 0.5) is 0 Å². The fourth-order valence-corrected chi connectivity index (χ4v) is 7.75. The van der Waals surface area contributed by atoms with Gasteiger partial charge in [-0.1, -0.05) is 71.1 Å². The maximum Gasteiger partial charge on any atom is 0.147 e. The van der Waals surface area contributed by atoms with E-state index >= 15 is 0 Å². The lowest BCUT2D eigenvalue weighted by Gasteiger charge is -2.44. The summed E-state index contributed by atoms with van der Waals surface area (Å²) in [6.45, 7) is 14.6. The summed E-state index contributed by atoms with van der Waals surface area (Å²) < 4.78 is 0. The number of rotatable bonds is 6. The van der Waals surface area contributed by atoms with E-state index in [0.29, 0.717) is 30.6 Å². The maximum atomic E-state index is 13.0. The van der Waals surface area contributed by atoms with Crippen molar-refractivity contribution in [2.75, 3.05) is 0 Å². The van der Waals surface area contributed by atoms with Crippen LogP contribution in [0.2, 0.25) is 0 Å². The van der Waals surface area contributed by atoms with Gasteiger partial charge in [0.25, 0.3) is 0 Å². The third-order valence-corrected chi connectivity index (χ3v) is 10.0. The first-order valence-electron chi connectivity index (χ1n) is 14.2. The fourth-order valence-electron chi connectivity index (χ4n) is 7.75. The quantitative estimate of drug-likeness (QED) is 0.390. The Balaban J connectivity index is 1.47. The molecule has 0 heterocycles. The molecule has 4 heteroatoms. The number of hydrogen-bond acceptors (Lipinski definition) is 4. The van der Waals surface area contributed by atoms with Crippen molar-refractivity contribution in [2.24, 2.45) is 34.0 Å². The molecule has 4 rings (SSSR count). The summed E-state index contributed by atoms with van der Waals surface area (Å²) in [5, 5.41) is 31.3. The molecule has 0 aromatic carbocycles. The zero-order valence-corrected chi connectivity index (χ0v) is 23.1. The Morgan fingerprint density at radius 1 is 1.11 bits per heavy atom. The van der Waals surface area contributed by atoms with E-state index in [1.165, 1.54) is 31.3 Å². The normalized spacial score (nSPS) is 38.4. The third-order valence-electron chi connectivity index (χ3n) is 10.0. The van der Waals surface area contributed by atoms with Crippen LogP contribution in [0.15, 0.2) is 47.6 Å². The van der Waals surface area contributed by atoms with Crippen molar-refractivity contribution in [1.29, 1.82) is 0 Å². The van der Waals surface area contributed by atoms with Gasteiger partial charge in [-0.05, 0) is 85.7 Å². The molecular weight excluding hydrogens is 448 g/mol. The van der Waals surface area contributed by atoms with Crippen LogP contribution in [-0.4, -0.2) is 39.4 Å². The minimum atomic E-state index is -0.695. The van der Waals surface area contributed by atoms with E-state index in [-0.39, 0.29) is 11.2 Å². The largest absolute Gasteiger partial charge is 0.393 e. The first-order chi connectivity index (χ1) is 16.8. The highest BCUT2D eigenvalue weighted by Gasteiger charge is 2.57. The van der Waals surface area contributed by atoms with Gasteiger partial charge in [0.1, 0.15) is 5.78 Å². The van der Waals surface area contributed by atoms with Crippen LogP contribution < -0.4 is 0 Å². The van der Waals surface area contributed by atoms with Crippen LogP contribution in [-0.2, 0) is 4.79 Å². The lowest BCUT2D eigenvalue weighted by Crippen LogP contribution is -2.37. The average molecular weight is 497 g/mol. The SMILES string of the molecule is C=C1C(=CC=C2CCC[C@]3(C)[C@@H]([C@H](C)C=C[C@H](O)C4(C(=O)C(C)(C)C)CC4)CC[C@@H]23)C[C@@H](O)C[C@@H]1O. The molecule has 0 amide bonds. The van der Waals surface area contributed by atoms with Crippen molar-refractivity contribution in [3.8, 4) is 0 Å². The molecule has 3 N–H and O–H groups in total. The standard InChI is InChI=1S/C32H48O4/c1-20(9-14-28(35)32(16-17-32)29(36)30(3,4)5)25-12-13-26-22(8-7-15-31(25,26)6)10-11-23-18-24(33)19-27(34)21(23)2/h9-11,14,20,24-28,33-35H,2,7-8,12-13,15-19H2,1,3-6H3/t20-,24-,25-,26+,27+,28+,31-/m1/s1. The van der Waals surface area contributed by atoms with E-state index in [2.05, 4.69) is 38.7 Å². The van der Waals surface area contributed by atoms with E-state index < -0.39 is 29.1 Å². The lowest BCUT2D eigenvalue weighted by atomic mass is 9.61. The van der Waals surface area contributed by atoms with Crippen molar-refractivity contribution in [3.63, 3.8) is 0 Å². The number of hydrogen-bond donors (Lipinski definition) is 3. The van der Waals surface area contributed by atoms with E-state index in [0.717, 1.165) is 30.4 Å². The van der Waals surface area contributed by atoms with Crippen molar-refractivity contribution < 1.29 is 20.1 Å². The molecular formula is C32H48O4. The molecule has 200 valence electrons. The van der Waals surface area contributed by atoms with Gasteiger partial charge in [0.15, 0.2) is 0 Å². The molecule has 7 atom stereocenters. The zero-order chi connectivity index (χ0) is 26.5. The van der Waals surface area contributed by atoms with E-state index in [1.54, 1.807) is 0 Å². The topological polar surface area (TPSA) is 77.8 Å². The Morgan fingerprint density at radius 2 is 1.81 bits per heavy atom. The fraction of sp³-hybridized carbons (Fsp3) is 0.719. The van der Waals surface area contributed by atoms with Gasteiger partial charge in [-0.3, -0.25) is 4.79 Å². The number of aliphatic hydroxyl groups is 3. The maximum absolute atomic E-state index is 13.0. The van der Waals surface area contributed by atoms with Crippen LogP contribution in [0.3, 0.4) is 0 Å². The van der Waals surface area contributed by atoms with Crippen LogP contribution in [0.5, 0.6) is 0 Å². The molecule has 4 nitrogen and oxygen atoms in total. The number of aliphatic hydroxyl groups excluding tert-OH is 3. The van der Waals surface area contributed by atoms with Crippen molar-refractivity contribution in [1.82, 2.24) is 0 Å². The van der Waals surface area contributed by atoms with Crippen LogP contribution in [0, 0.1) is 34.0 Å². The van der Waals surface area contributed by atoms with Crippen molar-refractivity contribution in [3.05, 3.63) is 47.6 Å². The molecule has 0 spiro atoms. The molecule has 4 fully saturated rings. The zero-order valence-electron chi connectivity index (χ0n) is 23.1. The van der Waals surface area contributed by atoms with Gasteiger partial charge in [-0.2, -0.15) is 0 Å². The number of Topliss-reactive ketones (excluding diaryl/α,β-unsaturated/α-hetero) is 1. The molecule has 0 saturated heterocycles. The van der Waals surface area contributed by atoms with Gasteiger partial charge >= 0.3 is 0 Å². The Labute approximate surface area is 218 Å². The van der Waals surface area contributed by atoms with Gasteiger partial charge in [0.05, 0.1) is 23.7 Å². The average Bonchev–Trinajstić information content (AvgIpc) is 3.53. The summed E-state index contributed by atoms with van der Waals surface area (Å²) in [5.41, 5.74) is 2.43. The first-order valence-corrected chi connectivity index (χ1v) is 14.2. The molecule has 0 aliphatic heterocycles. The number of allylic oxidation sites excluding steroid dienone is 4. The van der Waals surface area contributed by atoms with Gasteiger partial charge in [-0.15, -0.1) is 0 Å². The molecule has 0 bridgehead atoms. The van der Waals surface area contributed by atoms with Gasteiger partial charge in [-0.25, -0.2) is 0 Å². The highest BCUT2D eigenvalue weighted by molar-refractivity contribution is 5.92. The predicted octanol–water partition coefficient (Wildman–Crippen LogP) is 6.08. The molecule has 4 aliphatic rings. The molecule has 36 heavy (non-hydrogen) atoms. The molecule has 0 unspecified atom stereocenters. The number of ketones is 1. The lowest BCUT2D eigenvalue weighted by molar-refractivity contribution is -0.135. The van der Waals surface area contributed by atoms with E-state index in [4.69, 9.17) is 0 Å². The molecule has 4 saturated carbocycles. The molecule has 0 radical (unpaired) electrons. The van der Waals surface area contributed by atoms with Crippen molar-refractivity contribution in [2.45, 2.75) is 111 Å². The Kier molecular flexibility index (Phi) is 7.65. The summed E-state index contributed by atoms with van der Waals surface area (Å²) in [7, 11) is 0. The Morgan fingerprint density at radius 3 is 2.44 bits per heavy atom. The number of carbonyl (C=O) groups excluding carboxylic acids is 1. The summed E-state index contributed by atoms with van der Waals surface area (Å²) in [6, 6.07) is 0. The van der Waals surface area contributed by atoms with Crippen molar-refractivity contribution >= 4 is 5.78 Å². The second kappa shape index (κ2) is 10.0. The van der Waals surface area contributed by atoms with E-state index in [1.807, 2.05) is 26.8 Å². The number of fused-ring (bicyclic) bond motifs is 1. The summed E-state index contributed by atoms with van der Waals surface area (Å²) in [5.74, 6) is 1.61. The summed E-state index contributed by atoms with van der Waals surface area (Å²) in [6.07, 6.45) is 15.0. The predicted molar refractivity (Wildman–Crippen MR) is 145 cm³/mol. The van der Waals surface area contributed by atoms with Gasteiger partial charge in [0.2, 0.25) is 0 Å². The van der Waals surface area contributed by atoms with E-state index in [9.17, 15) is 20.1 Å². The van der Waals surface area contributed by atoms with Gasteiger partial charge in [0, 0.05) is 11.8 Å². The molecule has 4 aliphatic carbocycles. The Bertz CT molecular complexity index is 959. The minimum Gasteiger partial charge on any atom is -0.393 e. The monoisotopic (exact) mass is 496 g/mol. The second-order valence-electron chi connectivity index (χ2n) is 13.6. The molecule has 0 aromatic heterocycles. The summed E-state index contributed by atoms with van der Waals surface area (Å²) in [4.78, 5) is 13.0. The Hall–Kier alpha value is -1.49. The summed E-state index contributed by atoms with van der Waals surface area (Å²) >= 11 is 0. The smallest absolute Gasteiger partial charge is 0.147 e. The van der Waals surface area contributed by atoms with Crippen LogP contribution >= 0.6 is 0 Å². The van der Waals surface area contributed by atoms with Gasteiger partial charge < -0.3 is 15.3 Å². The second-order valence-corrected chi connectivity index (χ2v) is 13.6. The van der Waals surface area contributed by atoms with Crippen LogP contribution in [0.25, 0.3) is 0 Å². The highest BCUT2D eigenvalue weighted by Crippen LogP contribution is 2.60. The highest BCUT2D eigenvalue weighted by atomic mass is 16.3. The minimum absolute atomic E-state index is 0.185. The van der Waals surface area contributed by atoms with Crippen LogP contribution in [0.1, 0.15) is 92.4 Å². The first kappa shape index (κ1) is 27.5.